The fraction of sp³-hybridized carbons (Fsp3) is 0.533. The first kappa shape index (κ1) is 16.6. The maximum atomic E-state index is 13.0. The van der Waals surface area contributed by atoms with Crippen LogP contribution in [0.25, 0.3) is 0 Å². The Hall–Kier alpha value is -1.49. The Morgan fingerprint density at radius 3 is 2.45 bits per heavy atom. The molecule has 112 valence electrons. The Bertz CT molecular complexity index is 447. The van der Waals surface area contributed by atoms with Gasteiger partial charge in [-0.05, 0) is 23.6 Å². The van der Waals surface area contributed by atoms with E-state index in [2.05, 4.69) is 5.32 Å². The van der Waals surface area contributed by atoms with Crippen LogP contribution in [0, 0.1) is 17.6 Å². The molecule has 0 fully saturated rings. The lowest BCUT2D eigenvalue weighted by molar-refractivity contribution is -0.121. The smallest absolute Gasteiger partial charge is 0.224 e. The molecule has 0 radical (unpaired) electrons. The molecule has 0 saturated carbocycles. The molecule has 0 saturated heterocycles. The topological polar surface area (TPSA) is 49.3 Å². The summed E-state index contributed by atoms with van der Waals surface area (Å²) in [7, 11) is 0. The summed E-state index contributed by atoms with van der Waals surface area (Å²) in [6, 6.07) is 3.37. The molecule has 1 amide bonds. The van der Waals surface area contributed by atoms with Crippen molar-refractivity contribution < 1.29 is 18.7 Å². The van der Waals surface area contributed by atoms with Crippen molar-refractivity contribution >= 4 is 5.91 Å². The van der Waals surface area contributed by atoms with Gasteiger partial charge in [0, 0.05) is 6.54 Å². The number of carbonyl (C=O) groups is 1. The Kier molecular flexibility index (Phi) is 6.58. The maximum Gasteiger partial charge on any atom is 0.224 e. The largest absolute Gasteiger partial charge is 0.391 e. The monoisotopic (exact) mass is 285 g/mol. The van der Waals surface area contributed by atoms with E-state index in [0.717, 1.165) is 25.0 Å². The molecule has 0 bridgehead atoms. The van der Waals surface area contributed by atoms with Gasteiger partial charge in [-0.2, -0.15) is 0 Å². The summed E-state index contributed by atoms with van der Waals surface area (Å²) in [6.45, 7) is 4.15. The molecule has 2 N–H and O–H groups in total. The Morgan fingerprint density at radius 1 is 1.25 bits per heavy atom. The van der Waals surface area contributed by atoms with Crippen molar-refractivity contribution in [2.75, 3.05) is 6.54 Å². The van der Waals surface area contributed by atoms with Gasteiger partial charge in [-0.1, -0.05) is 32.8 Å². The number of hydrogen-bond donors (Lipinski definition) is 2. The third-order valence-electron chi connectivity index (χ3n) is 3.45. The zero-order chi connectivity index (χ0) is 15.1. The number of rotatable bonds is 7. The van der Waals surface area contributed by atoms with E-state index in [9.17, 15) is 18.7 Å². The highest BCUT2D eigenvalue weighted by Crippen LogP contribution is 2.12. The predicted octanol–water partition coefficient (Wildman–Crippen LogP) is 2.42. The van der Waals surface area contributed by atoms with Crippen LogP contribution in [0.5, 0.6) is 0 Å². The second-order valence-electron chi connectivity index (χ2n) is 4.87. The number of halogens is 2. The Balaban J connectivity index is 2.45. The van der Waals surface area contributed by atoms with Crippen molar-refractivity contribution in [3.05, 3.63) is 35.4 Å². The minimum atomic E-state index is -0.965. The molecule has 20 heavy (non-hydrogen) atoms. The molecule has 1 rings (SSSR count). The van der Waals surface area contributed by atoms with E-state index in [0.29, 0.717) is 5.56 Å². The minimum absolute atomic E-state index is 0.0349. The molecule has 0 aliphatic rings. The first-order chi connectivity index (χ1) is 9.47. The number of aliphatic hydroxyl groups excluding tert-OH is 1. The van der Waals surface area contributed by atoms with E-state index >= 15 is 0 Å². The number of aliphatic hydroxyl groups is 1. The first-order valence-electron chi connectivity index (χ1n) is 6.86. The number of hydrogen-bond acceptors (Lipinski definition) is 2. The predicted molar refractivity (Wildman–Crippen MR) is 73.2 cm³/mol. The van der Waals surface area contributed by atoms with Crippen LogP contribution in [0.1, 0.15) is 32.3 Å². The highest BCUT2D eigenvalue weighted by Gasteiger charge is 2.16. The second kappa shape index (κ2) is 7.94. The van der Waals surface area contributed by atoms with E-state index in [1.807, 2.05) is 13.8 Å². The van der Waals surface area contributed by atoms with Crippen LogP contribution in [0.15, 0.2) is 18.2 Å². The van der Waals surface area contributed by atoms with Gasteiger partial charge in [-0.15, -0.1) is 0 Å². The molecule has 1 aromatic rings. The number of carbonyl (C=O) groups excluding carboxylic acids is 1. The van der Waals surface area contributed by atoms with E-state index < -0.39 is 17.7 Å². The van der Waals surface area contributed by atoms with Crippen molar-refractivity contribution in [1.29, 1.82) is 0 Å². The lowest BCUT2D eigenvalue weighted by Crippen LogP contribution is -2.36. The summed E-state index contributed by atoms with van der Waals surface area (Å²) < 4.78 is 25.7. The standard InChI is InChI=1S/C15H21F2NO2/c1-3-11(4-2)14(19)9-18-15(20)8-10-5-6-12(16)13(17)7-10/h5-7,11,14,19H,3-4,8-9H2,1-2H3,(H,18,20). The van der Waals surface area contributed by atoms with Crippen molar-refractivity contribution in [1.82, 2.24) is 5.32 Å². The molecule has 1 unspecified atom stereocenters. The van der Waals surface area contributed by atoms with E-state index in [1.165, 1.54) is 6.07 Å². The van der Waals surface area contributed by atoms with Gasteiger partial charge in [0.2, 0.25) is 5.91 Å². The van der Waals surface area contributed by atoms with Crippen LogP contribution in [0.2, 0.25) is 0 Å². The summed E-state index contributed by atoms with van der Waals surface area (Å²) >= 11 is 0. The average Bonchev–Trinajstić information content (AvgIpc) is 2.42. The van der Waals surface area contributed by atoms with Gasteiger partial charge in [0.1, 0.15) is 0 Å². The van der Waals surface area contributed by atoms with E-state index in [1.54, 1.807) is 0 Å². The van der Waals surface area contributed by atoms with Crippen molar-refractivity contribution in [3.63, 3.8) is 0 Å². The summed E-state index contributed by atoms with van der Waals surface area (Å²) in [5.74, 6) is -2.06. The van der Waals surface area contributed by atoms with Crippen LogP contribution >= 0.6 is 0 Å². The molecule has 1 atom stereocenters. The van der Waals surface area contributed by atoms with Gasteiger partial charge in [0.15, 0.2) is 11.6 Å². The molecule has 0 aliphatic carbocycles. The third kappa shape index (κ3) is 4.89. The average molecular weight is 285 g/mol. The van der Waals surface area contributed by atoms with Crippen molar-refractivity contribution in [2.45, 2.75) is 39.2 Å². The fourth-order valence-corrected chi connectivity index (χ4v) is 2.12. The molecule has 0 aromatic heterocycles. The normalized spacial score (nSPS) is 12.5. The maximum absolute atomic E-state index is 13.0. The fourth-order valence-electron chi connectivity index (χ4n) is 2.12. The van der Waals surface area contributed by atoms with Crippen LogP contribution in [-0.4, -0.2) is 23.7 Å². The van der Waals surface area contributed by atoms with E-state index in [-0.39, 0.29) is 24.8 Å². The van der Waals surface area contributed by atoms with Crippen LogP contribution in [-0.2, 0) is 11.2 Å². The lowest BCUT2D eigenvalue weighted by atomic mass is 9.96. The highest BCUT2D eigenvalue weighted by atomic mass is 19.2. The summed E-state index contributed by atoms with van der Waals surface area (Å²) in [6.07, 6.45) is 1.07. The van der Waals surface area contributed by atoms with Gasteiger partial charge in [-0.25, -0.2) is 8.78 Å². The molecule has 1 aromatic carbocycles. The summed E-state index contributed by atoms with van der Waals surface area (Å²) in [5.41, 5.74) is 0.401. The summed E-state index contributed by atoms with van der Waals surface area (Å²) in [4.78, 5) is 11.7. The van der Waals surface area contributed by atoms with Crippen LogP contribution in [0.3, 0.4) is 0 Å². The van der Waals surface area contributed by atoms with Gasteiger partial charge in [0.05, 0.1) is 12.5 Å². The molecular formula is C15H21F2NO2. The SMILES string of the molecule is CCC(CC)C(O)CNC(=O)Cc1ccc(F)c(F)c1. The molecule has 5 heteroatoms. The zero-order valence-electron chi connectivity index (χ0n) is 11.8. The van der Waals surface area contributed by atoms with Gasteiger partial charge < -0.3 is 10.4 Å². The molecule has 0 spiro atoms. The number of benzene rings is 1. The number of nitrogens with one attached hydrogen (secondary N) is 1. The molecule has 3 nitrogen and oxygen atoms in total. The Labute approximate surface area is 118 Å². The van der Waals surface area contributed by atoms with Crippen molar-refractivity contribution in [3.8, 4) is 0 Å². The van der Waals surface area contributed by atoms with Gasteiger partial charge in [0.25, 0.3) is 0 Å². The third-order valence-corrected chi connectivity index (χ3v) is 3.45. The molecular weight excluding hydrogens is 264 g/mol. The van der Waals surface area contributed by atoms with Crippen LogP contribution < -0.4 is 5.32 Å². The quantitative estimate of drug-likeness (QED) is 0.808. The lowest BCUT2D eigenvalue weighted by Gasteiger charge is -2.20. The summed E-state index contributed by atoms with van der Waals surface area (Å²) in [5, 5.41) is 12.5. The second-order valence-corrected chi connectivity index (χ2v) is 4.87. The zero-order valence-corrected chi connectivity index (χ0v) is 11.8. The Morgan fingerprint density at radius 2 is 1.90 bits per heavy atom. The van der Waals surface area contributed by atoms with Crippen LogP contribution in [0.4, 0.5) is 8.78 Å². The van der Waals surface area contributed by atoms with Crippen molar-refractivity contribution in [2.24, 2.45) is 5.92 Å². The minimum Gasteiger partial charge on any atom is -0.391 e. The van der Waals surface area contributed by atoms with E-state index in [4.69, 9.17) is 0 Å². The molecule has 0 aliphatic heterocycles. The van der Waals surface area contributed by atoms with Gasteiger partial charge >= 0.3 is 0 Å². The number of amides is 1. The first-order valence-corrected chi connectivity index (χ1v) is 6.86. The molecule has 0 heterocycles. The van der Waals surface area contributed by atoms with Gasteiger partial charge in [-0.3, -0.25) is 4.79 Å². The highest BCUT2D eigenvalue weighted by molar-refractivity contribution is 5.78.